The van der Waals surface area contributed by atoms with Crippen LogP contribution in [0.2, 0.25) is 0 Å². The molecule has 0 aliphatic heterocycles. The van der Waals surface area contributed by atoms with E-state index in [2.05, 4.69) is 19.2 Å². The fraction of sp³-hybridized carbons (Fsp3) is 0.571. The minimum atomic E-state index is -0.330. The van der Waals surface area contributed by atoms with E-state index in [1.54, 1.807) is 11.3 Å². The van der Waals surface area contributed by atoms with Crippen LogP contribution in [0.25, 0.3) is 0 Å². The van der Waals surface area contributed by atoms with Crippen LogP contribution in [-0.4, -0.2) is 18.4 Å². The highest BCUT2D eigenvalue weighted by molar-refractivity contribution is 7.14. The molecule has 0 bridgehead atoms. The van der Waals surface area contributed by atoms with Crippen molar-refractivity contribution in [2.75, 3.05) is 6.54 Å². The van der Waals surface area contributed by atoms with Crippen molar-refractivity contribution < 1.29 is 9.59 Å². The number of primary amides is 1. The topological polar surface area (TPSA) is 72.2 Å². The highest BCUT2D eigenvalue weighted by Crippen LogP contribution is 2.24. The number of aryl methyl sites for hydroxylation is 2. The second-order valence-electron chi connectivity index (χ2n) is 4.49. The standard InChI is InChI=1S/C14H22N2O2S/c1-3-6-11-10(4-2)9-12(19-11)14(18)16-8-5-7-13(15)17/h9H,3-8H2,1-2H3,(H2,15,17)(H,16,18). The van der Waals surface area contributed by atoms with E-state index in [9.17, 15) is 9.59 Å². The maximum atomic E-state index is 12.0. The molecule has 0 atom stereocenters. The highest BCUT2D eigenvalue weighted by atomic mass is 32.1. The number of nitrogens with two attached hydrogens (primary N) is 1. The molecule has 0 aliphatic rings. The van der Waals surface area contributed by atoms with Crippen molar-refractivity contribution in [2.45, 2.75) is 46.0 Å². The first-order valence-corrected chi connectivity index (χ1v) is 7.58. The molecule has 19 heavy (non-hydrogen) atoms. The van der Waals surface area contributed by atoms with Gasteiger partial charge in [-0.25, -0.2) is 0 Å². The summed E-state index contributed by atoms with van der Waals surface area (Å²) in [4.78, 5) is 24.6. The van der Waals surface area contributed by atoms with E-state index >= 15 is 0 Å². The van der Waals surface area contributed by atoms with Gasteiger partial charge in [0.2, 0.25) is 5.91 Å². The van der Waals surface area contributed by atoms with E-state index < -0.39 is 0 Å². The lowest BCUT2D eigenvalue weighted by Crippen LogP contribution is -2.24. The van der Waals surface area contributed by atoms with Crippen LogP contribution in [-0.2, 0) is 17.6 Å². The molecule has 106 valence electrons. The summed E-state index contributed by atoms with van der Waals surface area (Å²) in [6.07, 6.45) is 3.98. The van der Waals surface area contributed by atoms with E-state index in [4.69, 9.17) is 5.73 Å². The molecule has 0 aliphatic carbocycles. The van der Waals surface area contributed by atoms with Gasteiger partial charge in [-0.05, 0) is 30.9 Å². The van der Waals surface area contributed by atoms with Crippen LogP contribution in [0.5, 0.6) is 0 Å². The monoisotopic (exact) mass is 282 g/mol. The Labute approximate surface area is 118 Å². The van der Waals surface area contributed by atoms with Crippen LogP contribution < -0.4 is 11.1 Å². The summed E-state index contributed by atoms with van der Waals surface area (Å²) in [5, 5.41) is 2.82. The number of hydrogen-bond acceptors (Lipinski definition) is 3. The van der Waals surface area contributed by atoms with Crippen molar-refractivity contribution in [2.24, 2.45) is 5.73 Å². The predicted octanol–water partition coefficient (Wildman–Crippen LogP) is 2.26. The zero-order valence-corrected chi connectivity index (χ0v) is 12.4. The van der Waals surface area contributed by atoms with Crippen LogP contribution in [0.3, 0.4) is 0 Å². The molecule has 0 saturated carbocycles. The smallest absolute Gasteiger partial charge is 0.261 e. The van der Waals surface area contributed by atoms with Crippen LogP contribution in [0.15, 0.2) is 6.07 Å². The number of thiophene rings is 1. The molecule has 0 radical (unpaired) electrons. The van der Waals surface area contributed by atoms with E-state index in [1.165, 1.54) is 10.4 Å². The molecule has 0 unspecified atom stereocenters. The molecule has 1 aromatic heterocycles. The quantitative estimate of drug-likeness (QED) is 0.718. The molecule has 1 aromatic rings. The van der Waals surface area contributed by atoms with Gasteiger partial charge in [0.25, 0.3) is 5.91 Å². The van der Waals surface area contributed by atoms with Crippen molar-refractivity contribution in [1.82, 2.24) is 5.32 Å². The summed E-state index contributed by atoms with van der Waals surface area (Å²) in [6.45, 7) is 4.74. The SMILES string of the molecule is CCCc1sc(C(=O)NCCCC(N)=O)cc1CC. The zero-order chi connectivity index (χ0) is 14.3. The van der Waals surface area contributed by atoms with Gasteiger partial charge in [-0.1, -0.05) is 20.3 Å². The predicted molar refractivity (Wildman–Crippen MR) is 78.5 cm³/mol. The largest absolute Gasteiger partial charge is 0.370 e. The van der Waals surface area contributed by atoms with Gasteiger partial charge in [-0.15, -0.1) is 11.3 Å². The third-order valence-electron chi connectivity index (χ3n) is 2.86. The molecule has 0 saturated heterocycles. The van der Waals surface area contributed by atoms with Crippen molar-refractivity contribution >= 4 is 23.2 Å². The molecular formula is C14H22N2O2S. The second kappa shape index (κ2) is 7.94. The third kappa shape index (κ3) is 5.03. The van der Waals surface area contributed by atoms with Gasteiger partial charge in [0, 0.05) is 17.8 Å². The van der Waals surface area contributed by atoms with Crippen molar-refractivity contribution in [1.29, 1.82) is 0 Å². The molecule has 4 nitrogen and oxygen atoms in total. The van der Waals surface area contributed by atoms with Crippen LogP contribution in [0.1, 0.15) is 53.2 Å². The summed E-state index contributed by atoms with van der Waals surface area (Å²) in [5.41, 5.74) is 6.32. The van der Waals surface area contributed by atoms with Crippen molar-refractivity contribution in [3.63, 3.8) is 0 Å². The van der Waals surface area contributed by atoms with Crippen LogP contribution in [0, 0.1) is 0 Å². The Kier molecular flexibility index (Phi) is 6.56. The van der Waals surface area contributed by atoms with E-state index in [0.29, 0.717) is 19.4 Å². The molecule has 3 N–H and O–H groups in total. The average Bonchev–Trinajstić information content (AvgIpc) is 2.78. The highest BCUT2D eigenvalue weighted by Gasteiger charge is 2.12. The summed E-state index contributed by atoms with van der Waals surface area (Å²) >= 11 is 1.58. The molecule has 1 heterocycles. The fourth-order valence-corrected chi connectivity index (χ4v) is 3.14. The second-order valence-corrected chi connectivity index (χ2v) is 5.63. The van der Waals surface area contributed by atoms with Gasteiger partial charge in [-0.3, -0.25) is 9.59 Å². The Balaban J connectivity index is 2.54. The van der Waals surface area contributed by atoms with Gasteiger partial charge in [0.1, 0.15) is 0 Å². The van der Waals surface area contributed by atoms with Gasteiger partial charge >= 0.3 is 0 Å². The van der Waals surface area contributed by atoms with Crippen molar-refractivity contribution in [3.05, 3.63) is 21.4 Å². The third-order valence-corrected chi connectivity index (χ3v) is 4.10. The number of hydrogen-bond donors (Lipinski definition) is 2. The molecule has 0 fully saturated rings. The molecule has 2 amide bonds. The Morgan fingerprint density at radius 1 is 1.37 bits per heavy atom. The first kappa shape index (κ1) is 15.7. The first-order chi connectivity index (χ1) is 9.08. The minimum Gasteiger partial charge on any atom is -0.370 e. The normalized spacial score (nSPS) is 10.4. The van der Waals surface area contributed by atoms with Crippen molar-refractivity contribution in [3.8, 4) is 0 Å². The molecule has 1 rings (SSSR count). The van der Waals surface area contributed by atoms with Gasteiger partial charge in [0.15, 0.2) is 0 Å². The lowest BCUT2D eigenvalue weighted by Gasteiger charge is -2.01. The Hall–Kier alpha value is -1.36. The summed E-state index contributed by atoms with van der Waals surface area (Å²) in [5.74, 6) is -0.379. The summed E-state index contributed by atoms with van der Waals surface area (Å²) in [6, 6.07) is 1.99. The van der Waals surface area contributed by atoms with Gasteiger partial charge < -0.3 is 11.1 Å². The maximum Gasteiger partial charge on any atom is 0.261 e. The average molecular weight is 282 g/mol. The zero-order valence-electron chi connectivity index (χ0n) is 11.6. The summed E-state index contributed by atoms with van der Waals surface area (Å²) in [7, 11) is 0. The maximum absolute atomic E-state index is 12.0. The lowest BCUT2D eigenvalue weighted by atomic mass is 10.1. The first-order valence-electron chi connectivity index (χ1n) is 6.76. The number of nitrogens with one attached hydrogen (secondary N) is 1. The molecule has 0 spiro atoms. The van der Waals surface area contributed by atoms with Gasteiger partial charge in [0.05, 0.1) is 4.88 Å². The Bertz CT molecular complexity index is 441. The van der Waals surface area contributed by atoms with Crippen LogP contribution >= 0.6 is 11.3 Å². The molecular weight excluding hydrogens is 260 g/mol. The lowest BCUT2D eigenvalue weighted by molar-refractivity contribution is -0.118. The number of amides is 2. The van der Waals surface area contributed by atoms with E-state index in [1.807, 2.05) is 6.07 Å². The van der Waals surface area contributed by atoms with E-state index in [-0.39, 0.29) is 11.8 Å². The summed E-state index contributed by atoms with van der Waals surface area (Å²) < 4.78 is 0. The number of carbonyl (C=O) groups is 2. The van der Waals surface area contributed by atoms with E-state index in [0.717, 1.165) is 24.1 Å². The fourth-order valence-electron chi connectivity index (χ4n) is 1.87. The van der Waals surface area contributed by atoms with Gasteiger partial charge in [-0.2, -0.15) is 0 Å². The molecule has 5 heteroatoms. The Morgan fingerprint density at radius 2 is 2.11 bits per heavy atom. The van der Waals surface area contributed by atoms with Crippen LogP contribution in [0.4, 0.5) is 0 Å². The molecule has 0 aromatic carbocycles. The minimum absolute atomic E-state index is 0.0495. The number of rotatable bonds is 8. The Morgan fingerprint density at radius 3 is 2.68 bits per heavy atom. The number of carbonyl (C=O) groups excluding carboxylic acids is 2.